The number of carboxylic acid groups (broad SMARTS) is 1. The van der Waals surface area contributed by atoms with Crippen molar-refractivity contribution in [1.82, 2.24) is 0 Å². The molecule has 1 rings (SSSR count). The van der Waals surface area contributed by atoms with Crippen molar-refractivity contribution in [1.29, 1.82) is 0 Å². The average molecular weight is 190 g/mol. The van der Waals surface area contributed by atoms with Crippen LogP contribution in [-0.2, 0) is 9.53 Å². The van der Waals surface area contributed by atoms with Gasteiger partial charge in [-0.25, -0.2) is 4.79 Å². The van der Waals surface area contributed by atoms with Crippen molar-refractivity contribution in [2.45, 2.75) is 38.3 Å². The van der Waals surface area contributed by atoms with Gasteiger partial charge in [0.15, 0.2) is 6.10 Å². The van der Waals surface area contributed by atoms with E-state index >= 15 is 0 Å². The van der Waals surface area contributed by atoms with Crippen LogP contribution in [0, 0.1) is 5.92 Å². The quantitative estimate of drug-likeness (QED) is 0.504. The fraction of sp³-hybridized carbons (Fsp3) is 0.875. The van der Waals surface area contributed by atoms with E-state index in [0.717, 1.165) is 0 Å². The Labute approximate surface area is 75.9 Å². The summed E-state index contributed by atoms with van der Waals surface area (Å²) in [6, 6.07) is 0. The van der Waals surface area contributed by atoms with Crippen molar-refractivity contribution >= 4 is 5.97 Å². The lowest BCUT2D eigenvalue weighted by Gasteiger charge is -2.38. The Kier molecular flexibility index (Phi) is 2.90. The first kappa shape index (κ1) is 10.4. The monoisotopic (exact) mass is 190 g/mol. The van der Waals surface area contributed by atoms with Gasteiger partial charge in [0, 0.05) is 5.92 Å². The number of aliphatic carboxylic acids is 1. The summed E-state index contributed by atoms with van der Waals surface area (Å²) in [5.74, 6) is -1.68. The Hall–Kier alpha value is -0.650. The fourth-order valence-corrected chi connectivity index (χ4v) is 1.50. The van der Waals surface area contributed by atoms with Gasteiger partial charge in [0.25, 0.3) is 0 Å². The molecule has 13 heavy (non-hydrogen) atoms. The summed E-state index contributed by atoms with van der Waals surface area (Å²) >= 11 is 0. The molecule has 0 aromatic carbocycles. The maximum atomic E-state index is 10.6. The third-order valence-electron chi connectivity index (χ3n) is 2.47. The lowest BCUT2D eigenvalue weighted by atomic mass is 9.88. The summed E-state index contributed by atoms with van der Waals surface area (Å²) in [7, 11) is 0. The van der Waals surface area contributed by atoms with E-state index in [0.29, 0.717) is 0 Å². The summed E-state index contributed by atoms with van der Waals surface area (Å²) in [5, 5.41) is 27.5. The Morgan fingerprint density at radius 3 is 2.23 bits per heavy atom. The van der Waals surface area contributed by atoms with Gasteiger partial charge >= 0.3 is 5.97 Å². The highest BCUT2D eigenvalue weighted by atomic mass is 16.5. The van der Waals surface area contributed by atoms with Gasteiger partial charge in [0.1, 0.15) is 0 Å². The first-order valence-electron chi connectivity index (χ1n) is 4.19. The molecule has 0 radical (unpaired) electrons. The van der Waals surface area contributed by atoms with E-state index in [2.05, 4.69) is 0 Å². The molecule has 5 atom stereocenters. The second-order valence-corrected chi connectivity index (χ2v) is 3.44. The molecular weight excluding hydrogens is 176 g/mol. The predicted octanol–water partition coefficient (Wildman–Crippen LogP) is -0.784. The Bertz CT molecular complexity index is 205. The predicted molar refractivity (Wildman–Crippen MR) is 43.1 cm³/mol. The molecule has 0 aromatic rings. The number of aliphatic hydroxyl groups excluding tert-OH is 2. The molecule has 0 bridgehead atoms. The molecule has 76 valence electrons. The molecule has 0 aliphatic carbocycles. The second-order valence-electron chi connectivity index (χ2n) is 3.44. The second kappa shape index (κ2) is 3.61. The van der Waals surface area contributed by atoms with Crippen LogP contribution in [0.1, 0.15) is 13.8 Å². The average Bonchev–Trinajstić information content (AvgIpc) is 2.07. The molecule has 0 spiro atoms. The van der Waals surface area contributed by atoms with Crippen molar-refractivity contribution in [3.63, 3.8) is 0 Å². The van der Waals surface area contributed by atoms with Crippen LogP contribution in [0.3, 0.4) is 0 Å². The minimum atomic E-state index is -1.23. The Balaban J connectivity index is 2.76. The summed E-state index contributed by atoms with van der Waals surface area (Å²) in [4.78, 5) is 10.6. The highest BCUT2D eigenvalue weighted by molar-refractivity contribution is 5.73. The van der Waals surface area contributed by atoms with Gasteiger partial charge in [-0.2, -0.15) is 0 Å². The first-order valence-corrected chi connectivity index (χ1v) is 4.19. The fourth-order valence-electron chi connectivity index (χ4n) is 1.50. The van der Waals surface area contributed by atoms with Crippen LogP contribution in [0.25, 0.3) is 0 Å². The molecule has 1 heterocycles. The van der Waals surface area contributed by atoms with Gasteiger partial charge in [0.05, 0.1) is 18.3 Å². The maximum absolute atomic E-state index is 10.6. The summed E-state index contributed by atoms with van der Waals surface area (Å²) in [6.07, 6.45) is -3.75. The molecule has 1 saturated heterocycles. The van der Waals surface area contributed by atoms with Gasteiger partial charge in [-0.3, -0.25) is 0 Å². The van der Waals surface area contributed by atoms with E-state index in [1.807, 2.05) is 0 Å². The topological polar surface area (TPSA) is 87.0 Å². The summed E-state index contributed by atoms with van der Waals surface area (Å²) < 4.78 is 4.94. The standard InChI is InChI=1S/C8H14O5/c1-3-5(9)4(2)13-7(6(3)10)8(11)12/h3-7,9-10H,1-2H3,(H,11,12)/t3-,4+,5-,6+,7+/m1/s1. The maximum Gasteiger partial charge on any atom is 0.335 e. The van der Waals surface area contributed by atoms with E-state index in [-0.39, 0.29) is 0 Å². The third-order valence-corrected chi connectivity index (χ3v) is 2.47. The van der Waals surface area contributed by atoms with Gasteiger partial charge < -0.3 is 20.1 Å². The van der Waals surface area contributed by atoms with Crippen LogP contribution < -0.4 is 0 Å². The molecule has 5 heteroatoms. The van der Waals surface area contributed by atoms with Crippen LogP contribution >= 0.6 is 0 Å². The van der Waals surface area contributed by atoms with Crippen LogP contribution in [0.2, 0.25) is 0 Å². The van der Waals surface area contributed by atoms with Crippen molar-refractivity contribution in [2.75, 3.05) is 0 Å². The minimum absolute atomic E-state index is 0.482. The van der Waals surface area contributed by atoms with Crippen LogP contribution in [-0.4, -0.2) is 45.7 Å². The molecule has 3 N–H and O–H groups in total. The number of rotatable bonds is 1. The zero-order chi connectivity index (χ0) is 10.2. The molecule has 1 aliphatic rings. The molecule has 0 unspecified atom stereocenters. The summed E-state index contributed by atoms with van der Waals surface area (Å²) in [6.45, 7) is 3.19. The van der Waals surface area contributed by atoms with Gasteiger partial charge in [-0.15, -0.1) is 0 Å². The molecule has 0 amide bonds. The van der Waals surface area contributed by atoms with Crippen LogP contribution in [0.5, 0.6) is 0 Å². The lowest BCUT2D eigenvalue weighted by Crippen LogP contribution is -2.54. The SMILES string of the molecule is C[C@@H]1[C@@H](O)[C@H](C)O[C@H](C(=O)O)[C@H]1O. The van der Waals surface area contributed by atoms with Gasteiger partial charge in [0.2, 0.25) is 0 Å². The number of ether oxygens (including phenoxy) is 1. The number of hydrogen-bond donors (Lipinski definition) is 3. The number of carboxylic acids is 1. The van der Waals surface area contributed by atoms with E-state index in [9.17, 15) is 15.0 Å². The van der Waals surface area contributed by atoms with Crippen molar-refractivity contribution < 1.29 is 24.9 Å². The smallest absolute Gasteiger partial charge is 0.335 e. The molecule has 1 fully saturated rings. The van der Waals surface area contributed by atoms with Crippen LogP contribution in [0.4, 0.5) is 0 Å². The van der Waals surface area contributed by atoms with Crippen LogP contribution in [0.15, 0.2) is 0 Å². The van der Waals surface area contributed by atoms with E-state index in [1.54, 1.807) is 13.8 Å². The number of aliphatic hydroxyl groups is 2. The zero-order valence-corrected chi connectivity index (χ0v) is 7.54. The van der Waals surface area contributed by atoms with Crippen molar-refractivity contribution in [3.8, 4) is 0 Å². The minimum Gasteiger partial charge on any atom is -0.479 e. The molecular formula is C8H14O5. The highest BCUT2D eigenvalue weighted by Gasteiger charge is 2.43. The normalized spacial score (nSPS) is 46.0. The largest absolute Gasteiger partial charge is 0.479 e. The van der Waals surface area contributed by atoms with Gasteiger partial charge in [-0.05, 0) is 6.92 Å². The first-order chi connectivity index (χ1) is 5.95. The van der Waals surface area contributed by atoms with E-state index < -0.39 is 36.3 Å². The number of carbonyl (C=O) groups is 1. The Morgan fingerprint density at radius 1 is 1.23 bits per heavy atom. The van der Waals surface area contributed by atoms with E-state index in [1.165, 1.54) is 0 Å². The molecule has 1 aliphatic heterocycles. The Morgan fingerprint density at radius 2 is 1.77 bits per heavy atom. The van der Waals surface area contributed by atoms with Gasteiger partial charge in [-0.1, -0.05) is 6.92 Å². The van der Waals surface area contributed by atoms with Crippen molar-refractivity contribution in [2.24, 2.45) is 5.92 Å². The number of hydrogen-bond acceptors (Lipinski definition) is 4. The highest BCUT2D eigenvalue weighted by Crippen LogP contribution is 2.25. The molecule has 0 aromatic heterocycles. The van der Waals surface area contributed by atoms with Crippen molar-refractivity contribution in [3.05, 3.63) is 0 Å². The van der Waals surface area contributed by atoms with E-state index in [4.69, 9.17) is 9.84 Å². The third kappa shape index (κ3) is 1.82. The lowest BCUT2D eigenvalue weighted by molar-refractivity contribution is -0.205. The summed E-state index contributed by atoms with van der Waals surface area (Å²) in [5.41, 5.74) is 0. The molecule has 0 saturated carbocycles. The molecule has 5 nitrogen and oxygen atoms in total. The zero-order valence-electron chi connectivity index (χ0n) is 7.54.